The summed E-state index contributed by atoms with van der Waals surface area (Å²) in [6.45, 7) is 6.25. The van der Waals surface area contributed by atoms with Gasteiger partial charge in [0, 0.05) is 11.9 Å². The van der Waals surface area contributed by atoms with Crippen LogP contribution in [0, 0.1) is 6.92 Å². The van der Waals surface area contributed by atoms with Gasteiger partial charge in [-0.1, -0.05) is 31.2 Å². The summed E-state index contributed by atoms with van der Waals surface area (Å²) in [6, 6.07) is 10.8. The van der Waals surface area contributed by atoms with Crippen LogP contribution < -0.4 is 5.32 Å². The maximum Gasteiger partial charge on any atom is 0.223 e. The SMILES string of the molecule is CCc1ccc(C(C)Nc2nccc(C)n2)cc1. The van der Waals surface area contributed by atoms with E-state index in [9.17, 15) is 0 Å². The van der Waals surface area contributed by atoms with Gasteiger partial charge in [-0.05, 0) is 37.5 Å². The summed E-state index contributed by atoms with van der Waals surface area (Å²) < 4.78 is 0. The molecule has 0 saturated heterocycles. The second kappa shape index (κ2) is 5.63. The van der Waals surface area contributed by atoms with Crippen LogP contribution in [-0.4, -0.2) is 9.97 Å². The summed E-state index contributed by atoms with van der Waals surface area (Å²) in [5, 5.41) is 3.31. The first kappa shape index (κ1) is 12.6. The highest BCUT2D eigenvalue weighted by Gasteiger charge is 2.06. The van der Waals surface area contributed by atoms with E-state index in [1.807, 2.05) is 13.0 Å². The van der Waals surface area contributed by atoms with Crippen molar-refractivity contribution >= 4 is 5.95 Å². The third-order valence-corrected chi connectivity index (χ3v) is 3.03. The second-order valence-electron chi connectivity index (χ2n) is 4.48. The van der Waals surface area contributed by atoms with Crippen LogP contribution >= 0.6 is 0 Å². The summed E-state index contributed by atoms with van der Waals surface area (Å²) in [5.41, 5.74) is 3.58. The summed E-state index contributed by atoms with van der Waals surface area (Å²) in [7, 11) is 0. The lowest BCUT2D eigenvalue weighted by Crippen LogP contribution is -2.09. The Labute approximate surface area is 108 Å². The van der Waals surface area contributed by atoms with Crippen LogP contribution in [0.25, 0.3) is 0 Å². The van der Waals surface area contributed by atoms with Crippen molar-refractivity contribution in [3.05, 3.63) is 53.3 Å². The number of benzene rings is 1. The number of nitrogens with one attached hydrogen (secondary N) is 1. The topological polar surface area (TPSA) is 37.8 Å². The molecule has 0 aliphatic rings. The van der Waals surface area contributed by atoms with Crippen molar-refractivity contribution < 1.29 is 0 Å². The van der Waals surface area contributed by atoms with Crippen molar-refractivity contribution in [2.24, 2.45) is 0 Å². The minimum Gasteiger partial charge on any atom is -0.348 e. The Hall–Kier alpha value is -1.90. The molecule has 0 fully saturated rings. The van der Waals surface area contributed by atoms with Gasteiger partial charge in [0.05, 0.1) is 6.04 Å². The average molecular weight is 241 g/mol. The third kappa shape index (κ3) is 3.06. The molecule has 1 heterocycles. The highest BCUT2D eigenvalue weighted by atomic mass is 15.1. The van der Waals surface area contributed by atoms with E-state index < -0.39 is 0 Å². The van der Waals surface area contributed by atoms with Crippen molar-refractivity contribution in [1.29, 1.82) is 0 Å². The molecule has 3 heteroatoms. The van der Waals surface area contributed by atoms with Gasteiger partial charge in [0.15, 0.2) is 0 Å². The molecule has 0 radical (unpaired) electrons. The molecule has 1 aromatic carbocycles. The van der Waals surface area contributed by atoms with Gasteiger partial charge in [0.25, 0.3) is 0 Å². The molecular weight excluding hydrogens is 222 g/mol. The van der Waals surface area contributed by atoms with Crippen molar-refractivity contribution in [3.8, 4) is 0 Å². The van der Waals surface area contributed by atoms with Gasteiger partial charge < -0.3 is 5.32 Å². The number of aromatic nitrogens is 2. The maximum absolute atomic E-state index is 4.35. The number of anilines is 1. The Balaban J connectivity index is 2.09. The van der Waals surface area contributed by atoms with Crippen LogP contribution in [0.4, 0.5) is 5.95 Å². The monoisotopic (exact) mass is 241 g/mol. The second-order valence-corrected chi connectivity index (χ2v) is 4.48. The zero-order valence-corrected chi connectivity index (χ0v) is 11.1. The Bertz CT molecular complexity index is 505. The number of hydrogen-bond donors (Lipinski definition) is 1. The van der Waals surface area contributed by atoms with Gasteiger partial charge in [-0.3, -0.25) is 0 Å². The normalized spacial score (nSPS) is 12.2. The maximum atomic E-state index is 4.35. The lowest BCUT2D eigenvalue weighted by atomic mass is 10.1. The molecular formula is C15H19N3. The van der Waals surface area contributed by atoms with E-state index in [2.05, 4.69) is 53.4 Å². The van der Waals surface area contributed by atoms with Crippen molar-refractivity contribution in [1.82, 2.24) is 9.97 Å². The van der Waals surface area contributed by atoms with Crippen LogP contribution in [0.3, 0.4) is 0 Å². The Morgan fingerprint density at radius 2 is 1.89 bits per heavy atom. The minimum atomic E-state index is 0.206. The Morgan fingerprint density at radius 1 is 1.17 bits per heavy atom. The molecule has 1 aromatic heterocycles. The molecule has 1 unspecified atom stereocenters. The third-order valence-electron chi connectivity index (χ3n) is 3.03. The largest absolute Gasteiger partial charge is 0.348 e. The molecule has 0 amide bonds. The lowest BCUT2D eigenvalue weighted by Gasteiger charge is -2.14. The molecule has 94 valence electrons. The first-order chi connectivity index (χ1) is 8.69. The van der Waals surface area contributed by atoms with E-state index in [1.165, 1.54) is 11.1 Å². The first-order valence-electron chi connectivity index (χ1n) is 6.34. The molecule has 3 nitrogen and oxygen atoms in total. The molecule has 1 N–H and O–H groups in total. The summed E-state index contributed by atoms with van der Waals surface area (Å²) in [4.78, 5) is 8.57. The Kier molecular flexibility index (Phi) is 3.92. The average Bonchev–Trinajstić information content (AvgIpc) is 2.39. The van der Waals surface area contributed by atoms with Crippen LogP contribution in [0.2, 0.25) is 0 Å². The molecule has 18 heavy (non-hydrogen) atoms. The van der Waals surface area contributed by atoms with Crippen LogP contribution in [-0.2, 0) is 6.42 Å². The van der Waals surface area contributed by atoms with Crippen LogP contribution in [0.5, 0.6) is 0 Å². The quantitative estimate of drug-likeness (QED) is 0.890. The standard InChI is InChI=1S/C15H19N3/c1-4-13-5-7-14(8-6-13)12(3)18-15-16-10-9-11(2)17-15/h5-10,12H,4H2,1-3H3,(H,16,17,18). The minimum absolute atomic E-state index is 0.206. The fourth-order valence-electron chi connectivity index (χ4n) is 1.84. The summed E-state index contributed by atoms with van der Waals surface area (Å²) in [6.07, 6.45) is 2.85. The van der Waals surface area contributed by atoms with Crippen molar-refractivity contribution in [2.75, 3.05) is 5.32 Å². The van der Waals surface area contributed by atoms with Crippen molar-refractivity contribution in [2.45, 2.75) is 33.2 Å². The number of aryl methyl sites for hydroxylation is 2. The lowest BCUT2D eigenvalue weighted by molar-refractivity contribution is 0.855. The van der Waals surface area contributed by atoms with Crippen LogP contribution in [0.1, 0.15) is 36.7 Å². The van der Waals surface area contributed by atoms with Crippen LogP contribution in [0.15, 0.2) is 36.5 Å². The number of rotatable bonds is 4. The molecule has 2 rings (SSSR count). The van der Waals surface area contributed by atoms with E-state index in [1.54, 1.807) is 6.20 Å². The predicted molar refractivity (Wildman–Crippen MR) is 74.6 cm³/mol. The van der Waals surface area contributed by atoms with Crippen molar-refractivity contribution in [3.63, 3.8) is 0 Å². The molecule has 0 bridgehead atoms. The van der Waals surface area contributed by atoms with E-state index in [4.69, 9.17) is 0 Å². The van der Waals surface area contributed by atoms with Gasteiger partial charge in [-0.25, -0.2) is 9.97 Å². The highest BCUT2D eigenvalue weighted by Crippen LogP contribution is 2.17. The van der Waals surface area contributed by atoms with E-state index in [-0.39, 0.29) is 6.04 Å². The van der Waals surface area contributed by atoms with Gasteiger partial charge in [-0.2, -0.15) is 0 Å². The smallest absolute Gasteiger partial charge is 0.223 e. The molecule has 0 aliphatic heterocycles. The zero-order chi connectivity index (χ0) is 13.0. The van der Waals surface area contributed by atoms with E-state index in [0.29, 0.717) is 5.95 Å². The summed E-state index contributed by atoms with van der Waals surface area (Å²) in [5.74, 6) is 0.682. The van der Waals surface area contributed by atoms with Gasteiger partial charge in [0.1, 0.15) is 0 Å². The first-order valence-corrected chi connectivity index (χ1v) is 6.34. The number of hydrogen-bond acceptors (Lipinski definition) is 3. The van der Waals surface area contributed by atoms with Gasteiger partial charge >= 0.3 is 0 Å². The van der Waals surface area contributed by atoms with E-state index >= 15 is 0 Å². The fraction of sp³-hybridized carbons (Fsp3) is 0.333. The molecule has 0 spiro atoms. The molecule has 0 aliphatic carbocycles. The van der Waals surface area contributed by atoms with E-state index in [0.717, 1.165) is 12.1 Å². The van der Waals surface area contributed by atoms with Gasteiger partial charge in [-0.15, -0.1) is 0 Å². The highest BCUT2D eigenvalue weighted by molar-refractivity contribution is 5.33. The molecule has 2 aromatic rings. The molecule has 1 atom stereocenters. The predicted octanol–water partition coefficient (Wildman–Crippen LogP) is 3.52. The summed E-state index contributed by atoms with van der Waals surface area (Å²) >= 11 is 0. The Morgan fingerprint density at radius 3 is 2.50 bits per heavy atom. The molecule has 0 saturated carbocycles. The zero-order valence-electron chi connectivity index (χ0n) is 11.1. The fourth-order valence-corrected chi connectivity index (χ4v) is 1.84. The number of nitrogens with zero attached hydrogens (tertiary/aromatic N) is 2. The van der Waals surface area contributed by atoms with Gasteiger partial charge in [0.2, 0.25) is 5.95 Å².